The number of alkyl carbamates (subject to hydrolysis) is 1. The average molecular weight is 346 g/mol. The minimum atomic E-state index is -0.887. The van der Waals surface area contributed by atoms with E-state index in [0.29, 0.717) is 5.56 Å². The summed E-state index contributed by atoms with van der Waals surface area (Å²) in [5, 5.41) is 11.4. The first-order valence-corrected chi connectivity index (χ1v) is 8.11. The van der Waals surface area contributed by atoms with Crippen LogP contribution in [0, 0.1) is 11.3 Å². The Kier molecular flexibility index (Phi) is 6.57. The van der Waals surface area contributed by atoms with Crippen LogP contribution in [0.2, 0.25) is 0 Å². The Balaban J connectivity index is 2.91. The van der Waals surface area contributed by atoms with Gasteiger partial charge in [-0.05, 0) is 59.2 Å². The third-order valence-electron chi connectivity index (χ3n) is 2.91. The maximum atomic E-state index is 12.4. The fourth-order valence-corrected chi connectivity index (χ4v) is 1.97. The van der Waals surface area contributed by atoms with Crippen molar-refractivity contribution in [3.8, 4) is 6.07 Å². The molecule has 0 aliphatic carbocycles. The number of hydrogen-bond donors (Lipinski definition) is 1. The van der Waals surface area contributed by atoms with Crippen LogP contribution in [0.4, 0.5) is 4.79 Å². The predicted molar refractivity (Wildman–Crippen MR) is 93.9 cm³/mol. The highest BCUT2D eigenvalue weighted by atomic mass is 16.6. The molecule has 136 valence electrons. The van der Waals surface area contributed by atoms with Gasteiger partial charge in [0.2, 0.25) is 0 Å². The van der Waals surface area contributed by atoms with E-state index < -0.39 is 29.3 Å². The molecule has 1 rings (SSSR count). The molecule has 1 atom stereocenters. The topological polar surface area (TPSA) is 88.4 Å². The second-order valence-electron chi connectivity index (χ2n) is 7.75. The fraction of sp³-hybridized carbons (Fsp3) is 0.526. The highest BCUT2D eigenvalue weighted by Crippen LogP contribution is 2.13. The van der Waals surface area contributed by atoms with Crippen LogP contribution < -0.4 is 5.32 Å². The lowest BCUT2D eigenvalue weighted by Crippen LogP contribution is -2.47. The molecule has 0 bridgehead atoms. The van der Waals surface area contributed by atoms with Crippen molar-refractivity contribution in [3.05, 3.63) is 35.4 Å². The number of nitriles is 1. The van der Waals surface area contributed by atoms with E-state index in [1.54, 1.807) is 65.8 Å². The molecule has 1 amide bonds. The van der Waals surface area contributed by atoms with Gasteiger partial charge in [-0.3, -0.25) is 0 Å². The smallest absolute Gasteiger partial charge is 0.408 e. The summed E-state index contributed by atoms with van der Waals surface area (Å²) in [7, 11) is 0. The molecule has 1 N–H and O–H groups in total. The average Bonchev–Trinajstić information content (AvgIpc) is 2.43. The van der Waals surface area contributed by atoms with Crippen LogP contribution in [-0.4, -0.2) is 29.3 Å². The van der Waals surface area contributed by atoms with Gasteiger partial charge < -0.3 is 14.8 Å². The molecule has 0 fully saturated rings. The number of carbonyl (C=O) groups is 2. The van der Waals surface area contributed by atoms with Gasteiger partial charge in [0.15, 0.2) is 0 Å². The second-order valence-corrected chi connectivity index (χ2v) is 7.75. The summed E-state index contributed by atoms with van der Waals surface area (Å²) in [5.41, 5.74) is -0.0179. The zero-order chi connectivity index (χ0) is 19.3. The van der Waals surface area contributed by atoms with E-state index in [1.165, 1.54) is 0 Å². The maximum Gasteiger partial charge on any atom is 0.408 e. The molecule has 1 aromatic carbocycles. The molecule has 0 heterocycles. The molecule has 6 nitrogen and oxygen atoms in total. The standard InChI is InChI=1S/C19H26N2O4/c1-18(2,3)24-16(22)15(21-17(23)25-19(4,5)6)11-13-7-9-14(12-20)10-8-13/h7-10,15H,11H2,1-6H3,(H,21,23). The van der Waals surface area contributed by atoms with Crippen LogP contribution in [0.25, 0.3) is 0 Å². The summed E-state index contributed by atoms with van der Waals surface area (Å²) in [6, 6.07) is 7.96. The minimum absolute atomic E-state index is 0.236. The van der Waals surface area contributed by atoms with Crippen LogP contribution in [0.1, 0.15) is 52.7 Å². The van der Waals surface area contributed by atoms with Crippen molar-refractivity contribution < 1.29 is 19.1 Å². The molecule has 1 unspecified atom stereocenters. The van der Waals surface area contributed by atoms with Gasteiger partial charge in [0.05, 0.1) is 11.6 Å². The number of amides is 1. The molecule has 0 saturated carbocycles. The molecule has 25 heavy (non-hydrogen) atoms. The number of hydrogen-bond acceptors (Lipinski definition) is 5. The Hall–Kier alpha value is -2.55. The third-order valence-corrected chi connectivity index (χ3v) is 2.91. The van der Waals surface area contributed by atoms with Crippen LogP contribution in [0.3, 0.4) is 0 Å². The normalized spacial score (nSPS) is 12.7. The summed E-state index contributed by atoms with van der Waals surface area (Å²) < 4.78 is 10.6. The van der Waals surface area contributed by atoms with E-state index in [2.05, 4.69) is 5.32 Å². The van der Waals surface area contributed by atoms with Gasteiger partial charge in [-0.15, -0.1) is 0 Å². The Morgan fingerprint density at radius 3 is 2.00 bits per heavy atom. The molecule has 0 radical (unpaired) electrons. The van der Waals surface area contributed by atoms with Crippen molar-refractivity contribution in [2.24, 2.45) is 0 Å². The van der Waals surface area contributed by atoms with Gasteiger partial charge in [-0.1, -0.05) is 12.1 Å². The van der Waals surface area contributed by atoms with Crippen LogP contribution in [-0.2, 0) is 20.7 Å². The van der Waals surface area contributed by atoms with Crippen LogP contribution in [0.5, 0.6) is 0 Å². The second kappa shape index (κ2) is 8.02. The zero-order valence-electron chi connectivity index (χ0n) is 15.7. The van der Waals surface area contributed by atoms with E-state index >= 15 is 0 Å². The molecule has 0 saturated heterocycles. The van der Waals surface area contributed by atoms with Crippen molar-refractivity contribution in [3.63, 3.8) is 0 Å². The van der Waals surface area contributed by atoms with Gasteiger partial charge in [0.1, 0.15) is 17.2 Å². The number of ether oxygens (including phenoxy) is 2. The zero-order valence-corrected chi connectivity index (χ0v) is 15.7. The molecule has 0 aromatic heterocycles. The molecule has 6 heteroatoms. The summed E-state index contributed by atoms with van der Waals surface area (Å²) in [4.78, 5) is 24.5. The van der Waals surface area contributed by atoms with E-state index in [1.807, 2.05) is 6.07 Å². The first kappa shape index (κ1) is 20.5. The van der Waals surface area contributed by atoms with E-state index in [-0.39, 0.29) is 6.42 Å². The summed E-state index contributed by atoms with van der Waals surface area (Å²) in [6.45, 7) is 10.5. The SMILES string of the molecule is CC(C)(C)OC(=O)NC(Cc1ccc(C#N)cc1)C(=O)OC(C)(C)C. The van der Waals surface area contributed by atoms with E-state index in [9.17, 15) is 9.59 Å². The van der Waals surface area contributed by atoms with Crippen molar-refractivity contribution in [2.45, 2.75) is 65.2 Å². The number of esters is 1. The van der Waals surface area contributed by atoms with Crippen molar-refractivity contribution in [2.75, 3.05) is 0 Å². The molecular formula is C19H26N2O4. The number of rotatable bonds is 4. The Morgan fingerprint density at radius 2 is 1.56 bits per heavy atom. The lowest BCUT2D eigenvalue weighted by molar-refractivity contribution is -0.157. The highest BCUT2D eigenvalue weighted by Gasteiger charge is 2.28. The van der Waals surface area contributed by atoms with Crippen molar-refractivity contribution in [1.29, 1.82) is 5.26 Å². The van der Waals surface area contributed by atoms with Gasteiger partial charge in [0, 0.05) is 6.42 Å². The summed E-state index contributed by atoms with van der Waals surface area (Å²) in [5.74, 6) is -0.539. The van der Waals surface area contributed by atoms with Gasteiger partial charge >= 0.3 is 12.1 Å². The number of benzene rings is 1. The molecular weight excluding hydrogens is 320 g/mol. The first-order valence-electron chi connectivity index (χ1n) is 8.11. The largest absolute Gasteiger partial charge is 0.458 e. The van der Waals surface area contributed by atoms with Gasteiger partial charge in [0.25, 0.3) is 0 Å². The Labute approximate surface area is 149 Å². The summed E-state index contributed by atoms with van der Waals surface area (Å²) in [6.07, 6.45) is -0.447. The quantitative estimate of drug-likeness (QED) is 0.845. The monoisotopic (exact) mass is 346 g/mol. The molecule has 0 aliphatic heterocycles. The van der Waals surface area contributed by atoms with Gasteiger partial charge in [-0.25, -0.2) is 9.59 Å². The highest BCUT2D eigenvalue weighted by molar-refractivity contribution is 5.82. The lowest BCUT2D eigenvalue weighted by Gasteiger charge is -2.26. The number of nitrogens with zero attached hydrogens (tertiary/aromatic N) is 1. The number of nitrogens with one attached hydrogen (secondary N) is 1. The number of carbonyl (C=O) groups excluding carboxylic acids is 2. The third kappa shape index (κ3) is 8.20. The first-order chi connectivity index (χ1) is 11.4. The van der Waals surface area contributed by atoms with E-state index in [4.69, 9.17) is 14.7 Å². The predicted octanol–water partition coefficient (Wildman–Crippen LogP) is 3.34. The summed E-state index contributed by atoms with van der Waals surface area (Å²) >= 11 is 0. The molecule has 0 spiro atoms. The van der Waals surface area contributed by atoms with Crippen molar-refractivity contribution in [1.82, 2.24) is 5.32 Å². The Bertz CT molecular complexity index is 646. The molecule has 0 aliphatic rings. The minimum Gasteiger partial charge on any atom is -0.458 e. The lowest BCUT2D eigenvalue weighted by atomic mass is 10.0. The van der Waals surface area contributed by atoms with E-state index in [0.717, 1.165) is 5.56 Å². The van der Waals surface area contributed by atoms with Crippen molar-refractivity contribution >= 4 is 12.1 Å². The van der Waals surface area contributed by atoms with Gasteiger partial charge in [-0.2, -0.15) is 5.26 Å². The Morgan fingerprint density at radius 1 is 1.04 bits per heavy atom. The maximum absolute atomic E-state index is 12.4. The fourth-order valence-electron chi connectivity index (χ4n) is 1.97. The van der Waals surface area contributed by atoms with Crippen LogP contribution >= 0.6 is 0 Å². The van der Waals surface area contributed by atoms with Crippen LogP contribution in [0.15, 0.2) is 24.3 Å². The molecule has 1 aromatic rings.